The number of hydrogen-bond acceptors (Lipinski definition) is 3. The fraction of sp³-hybridized carbons (Fsp3) is 1.00. The molecular formula is C12H25F2N3. The third-order valence-electron chi connectivity index (χ3n) is 3.73. The number of nitrogens with zero attached hydrogens (tertiary/aromatic N) is 1. The van der Waals surface area contributed by atoms with E-state index in [-0.39, 0.29) is 12.1 Å². The quantitative estimate of drug-likeness (QED) is 0.774. The predicted octanol–water partition coefficient (Wildman–Crippen LogP) is 1.43. The van der Waals surface area contributed by atoms with Crippen molar-refractivity contribution in [3.63, 3.8) is 0 Å². The lowest BCUT2D eigenvalue weighted by Crippen LogP contribution is -2.53. The number of nitrogens with one attached hydrogen (secondary N) is 1. The van der Waals surface area contributed by atoms with Crippen molar-refractivity contribution in [2.75, 3.05) is 26.2 Å². The molecule has 1 atom stereocenters. The second-order valence-corrected chi connectivity index (χ2v) is 5.24. The molecule has 0 radical (unpaired) electrons. The Morgan fingerprint density at radius 1 is 1.29 bits per heavy atom. The van der Waals surface area contributed by atoms with E-state index in [4.69, 9.17) is 5.73 Å². The van der Waals surface area contributed by atoms with Crippen molar-refractivity contribution in [1.29, 1.82) is 0 Å². The standard InChI is InChI=1S/C12H25F2N3/c1-10(2)17-6-3-4-12(9-15,5-7-17)16-8-11(13)14/h10-11,16H,3-9,15H2,1-2H3. The van der Waals surface area contributed by atoms with E-state index in [1.165, 1.54) is 0 Å². The number of hydrogen-bond donors (Lipinski definition) is 2. The number of likely N-dealkylation sites (tertiary alicyclic amines) is 1. The number of nitrogens with two attached hydrogens (primary N) is 1. The zero-order chi connectivity index (χ0) is 12.9. The third-order valence-corrected chi connectivity index (χ3v) is 3.73. The molecule has 0 aliphatic carbocycles. The molecule has 3 nitrogen and oxygen atoms in total. The summed E-state index contributed by atoms with van der Waals surface area (Å²) in [5.74, 6) is 0. The summed E-state index contributed by atoms with van der Waals surface area (Å²) in [7, 11) is 0. The molecule has 1 rings (SSSR count). The van der Waals surface area contributed by atoms with Gasteiger partial charge in [-0.15, -0.1) is 0 Å². The van der Waals surface area contributed by atoms with Crippen LogP contribution >= 0.6 is 0 Å². The van der Waals surface area contributed by atoms with Gasteiger partial charge in [-0.25, -0.2) is 8.78 Å². The Labute approximate surface area is 103 Å². The summed E-state index contributed by atoms with van der Waals surface area (Å²) in [5, 5.41) is 2.98. The van der Waals surface area contributed by atoms with Crippen molar-refractivity contribution < 1.29 is 8.78 Å². The van der Waals surface area contributed by atoms with E-state index in [0.29, 0.717) is 12.6 Å². The highest BCUT2D eigenvalue weighted by Gasteiger charge is 2.31. The molecule has 0 amide bonds. The average Bonchev–Trinajstić information content (AvgIpc) is 2.49. The monoisotopic (exact) mass is 249 g/mol. The zero-order valence-electron chi connectivity index (χ0n) is 10.9. The van der Waals surface area contributed by atoms with E-state index < -0.39 is 6.43 Å². The summed E-state index contributed by atoms with van der Waals surface area (Å²) in [4.78, 5) is 2.39. The summed E-state index contributed by atoms with van der Waals surface area (Å²) in [5.41, 5.74) is 5.50. The van der Waals surface area contributed by atoms with Crippen LogP contribution in [0.3, 0.4) is 0 Å². The Bertz CT molecular complexity index is 224. The first-order valence-electron chi connectivity index (χ1n) is 6.46. The van der Waals surface area contributed by atoms with Crippen LogP contribution in [-0.4, -0.2) is 49.1 Å². The predicted molar refractivity (Wildman–Crippen MR) is 66.4 cm³/mol. The molecule has 5 heteroatoms. The van der Waals surface area contributed by atoms with Crippen LogP contribution < -0.4 is 11.1 Å². The molecule has 1 unspecified atom stereocenters. The number of rotatable bonds is 5. The lowest BCUT2D eigenvalue weighted by molar-refractivity contribution is 0.125. The van der Waals surface area contributed by atoms with Crippen LogP contribution in [0.2, 0.25) is 0 Å². The lowest BCUT2D eigenvalue weighted by Gasteiger charge is -2.33. The summed E-state index contributed by atoms with van der Waals surface area (Å²) in [6.45, 7) is 6.50. The maximum absolute atomic E-state index is 12.3. The fourth-order valence-electron chi connectivity index (χ4n) is 2.48. The van der Waals surface area contributed by atoms with Crippen LogP contribution in [0.5, 0.6) is 0 Å². The summed E-state index contributed by atoms with van der Waals surface area (Å²) >= 11 is 0. The van der Waals surface area contributed by atoms with E-state index in [1.807, 2.05) is 0 Å². The molecule has 0 spiro atoms. The molecule has 1 aliphatic heterocycles. The molecule has 0 saturated carbocycles. The van der Waals surface area contributed by atoms with E-state index in [2.05, 4.69) is 24.1 Å². The fourth-order valence-corrected chi connectivity index (χ4v) is 2.48. The molecule has 0 aromatic carbocycles. The summed E-state index contributed by atoms with van der Waals surface area (Å²) < 4.78 is 24.6. The molecule has 102 valence electrons. The van der Waals surface area contributed by atoms with E-state index in [1.54, 1.807) is 0 Å². The Morgan fingerprint density at radius 3 is 2.53 bits per heavy atom. The van der Waals surface area contributed by atoms with Gasteiger partial charge < -0.3 is 16.0 Å². The molecular weight excluding hydrogens is 224 g/mol. The van der Waals surface area contributed by atoms with Crippen LogP contribution in [-0.2, 0) is 0 Å². The van der Waals surface area contributed by atoms with E-state index >= 15 is 0 Å². The van der Waals surface area contributed by atoms with Gasteiger partial charge in [0.25, 0.3) is 6.43 Å². The first-order chi connectivity index (χ1) is 7.99. The first-order valence-corrected chi connectivity index (χ1v) is 6.46. The second-order valence-electron chi connectivity index (χ2n) is 5.24. The Hall–Kier alpha value is -0.260. The van der Waals surface area contributed by atoms with Gasteiger partial charge in [0.2, 0.25) is 0 Å². The van der Waals surface area contributed by atoms with Crippen LogP contribution in [0, 0.1) is 0 Å². The highest BCUT2D eigenvalue weighted by Crippen LogP contribution is 2.22. The molecule has 0 aromatic heterocycles. The largest absolute Gasteiger partial charge is 0.329 e. The van der Waals surface area contributed by atoms with Gasteiger partial charge in [0.15, 0.2) is 0 Å². The molecule has 1 aliphatic rings. The number of alkyl halides is 2. The molecule has 17 heavy (non-hydrogen) atoms. The molecule has 0 aromatic rings. The van der Waals surface area contributed by atoms with Crippen LogP contribution in [0.1, 0.15) is 33.1 Å². The topological polar surface area (TPSA) is 41.3 Å². The van der Waals surface area contributed by atoms with Gasteiger partial charge >= 0.3 is 0 Å². The Balaban J connectivity index is 2.55. The highest BCUT2D eigenvalue weighted by molar-refractivity contribution is 4.92. The third kappa shape index (κ3) is 4.48. The Kier molecular flexibility index (Phi) is 5.76. The summed E-state index contributed by atoms with van der Waals surface area (Å²) in [6.07, 6.45) is 0.460. The van der Waals surface area contributed by atoms with Crippen LogP contribution in [0.15, 0.2) is 0 Å². The SMILES string of the molecule is CC(C)N1CCCC(CN)(NCC(F)F)CC1. The van der Waals surface area contributed by atoms with Crippen LogP contribution in [0.4, 0.5) is 8.78 Å². The minimum atomic E-state index is -2.30. The van der Waals surface area contributed by atoms with Gasteiger partial charge in [0.1, 0.15) is 0 Å². The van der Waals surface area contributed by atoms with Gasteiger partial charge in [0, 0.05) is 24.7 Å². The van der Waals surface area contributed by atoms with Gasteiger partial charge in [-0.1, -0.05) is 0 Å². The Morgan fingerprint density at radius 2 is 2.00 bits per heavy atom. The van der Waals surface area contributed by atoms with Crippen LogP contribution in [0.25, 0.3) is 0 Å². The van der Waals surface area contributed by atoms with Crippen molar-refractivity contribution in [2.45, 2.75) is 51.1 Å². The van der Waals surface area contributed by atoms with Crippen molar-refractivity contribution in [2.24, 2.45) is 5.73 Å². The molecule has 0 bridgehead atoms. The molecule has 3 N–H and O–H groups in total. The maximum Gasteiger partial charge on any atom is 0.250 e. The minimum Gasteiger partial charge on any atom is -0.329 e. The van der Waals surface area contributed by atoms with E-state index in [0.717, 1.165) is 32.4 Å². The average molecular weight is 249 g/mol. The molecule has 1 fully saturated rings. The van der Waals surface area contributed by atoms with Crippen molar-refractivity contribution >= 4 is 0 Å². The zero-order valence-corrected chi connectivity index (χ0v) is 10.9. The lowest BCUT2D eigenvalue weighted by atomic mass is 9.90. The number of halogens is 2. The minimum absolute atomic E-state index is 0.251. The second kappa shape index (κ2) is 6.61. The van der Waals surface area contributed by atoms with Gasteiger partial charge in [-0.3, -0.25) is 0 Å². The van der Waals surface area contributed by atoms with Crippen molar-refractivity contribution in [3.8, 4) is 0 Å². The smallest absolute Gasteiger partial charge is 0.250 e. The van der Waals surface area contributed by atoms with Gasteiger partial charge in [-0.2, -0.15) is 0 Å². The molecule has 1 saturated heterocycles. The van der Waals surface area contributed by atoms with Crippen molar-refractivity contribution in [1.82, 2.24) is 10.2 Å². The maximum atomic E-state index is 12.3. The summed E-state index contributed by atoms with van der Waals surface area (Å²) in [6, 6.07) is 0.513. The van der Waals surface area contributed by atoms with E-state index in [9.17, 15) is 8.78 Å². The normalized spacial score (nSPS) is 27.7. The van der Waals surface area contributed by atoms with Gasteiger partial charge in [-0.05, 0) is 39.7 Å². The highest BCUT2D eigenvalue weighted by atomic mass is 19.3. The molecule has 1 heterocycles. The van der Waals surface area contributed by atoms with Crippen molar-refractivity contribution in [3.05, 3.63) is 0 Å². The van der Waals surface area contributed by atoms with Gasteiger partial charge in [0.05, 0.1) is 6.54 Å². The first kappa shape index (κ1) is 14.8.